The van der Waals surface area contributed by atoms with Crippen LogP contribution in [0.1, 0.15) is 32.8 Å². The number of nitrogens with one attached hydrogen (secondary N) is 2. The van der Waals surface area contributed by atoms with Crippen LogP contribution >= 0.6 is 0 Å². The molecule has 0 fully saturated rings. The molecule has 0 radical (unpaired) electrons. The zero-order valence-electron chi connectivity index (χ0n) is 14.2. The molecule has 0 aromatic heterocycles. The summed E-state index contributed by atoms with van der Waals surface area (Å²) in [4.78, 5) is 4.58. The van der Waals surface area contributed by atoms with E-state index in [1.807, 2.05) is 38.1 Å². The van der Waals surface area contributed by atoms with Crippen molar-refractivity contribution in [2.75, 3.05) is 26.8 Å². The predicted octanol–water partition coefficient (Wildman–Crippen LogP) is 2.57. The number of ether oxygens (including phenoxy) is 2. The minimum Gasteiger partial charge on any atom is -0.497 e. The topological polar surface area (TPSA) is 54.9 Å². The second-order valence-corrected chi connectivity index (χ2v) is 5.24. The van der Waals surface area contributed by atoms with E-state index < -0.39 is 0 Å². The Labute approximate surface area is 134 Å². The van der Waals surface area contributed by atoms with Crippen LogP contribution in [0.5, 0.6) is 5.75 Å². The summed E-state index contributed by atoms with van der Waals surface area (Å²) < 4.78 is 10.7. The monoisotopic (exact) mass is 307 g/mol. The van der Waals surface area contributed by atoms with Gasteiger partial charge in [-0.25, -0.2) is 4.99 Å². The van der Waals surface area contributed by atoms with Crippen molar-refractivity contribution >= 4 is 5.96 Å². The number of hydrogen-bond acceptors (Lipinski definition) is 3. The summed E-state index contributed by atoms with van der Waals surface area (Å²) in [5, 5.41) is 6.57. The van der Waals surface area contributed by atoms with Gasteiger partial charge in [0.2, 0.25) is 0 Å². The Balaban J connectivity index is 2.40. The number of hydrogen-bond donors (Lipinski definition) is 2. The molecular weight excluding hydrogens is 278 g/mol. The van der Waals surface area contributed by atoms with Gasteiger partial charge in [0.25, 0.3) is 0 Å². The van der Waals surface area contributed by atoms with E-state index in [0.717, 1.165) is 43.4 Å². The third-order valence-electron chi connectivity index (χ3n) is 2.99. The Morgan fingerprint density at radius 1 is 1.18 bits per heavy atom. The normalized spacial score (nSPS) is 11.6. The van der Waals surface area contributed by atoms with Gasteiger partial charge in [0.05, 0.1) is 19.8 Å². The van der Waals surface area contributed by atoms with Crippen LogP contribution < -0.4 is 15.4 Å². The van der Waals surface area contributed by atoms with E-state index in [2.05, 4.69) is 22.5 Å². The molecule has 0 aliphatic heterocycles. The lowest BCUT2D eigenvalue weighted by Gasteiger charge is -2.12. The van der Waals surface area contributed by atoms with Crippen LogP contribution in [0.25, 0.3) is 0 Å². The van der Waals surface area contributed by atoms with Gasteiger partial charge in [-0.05, 0) is 44.9 Å². The number of benzene rings is 1. The minimum atomic E-state index is 0.289. The molecule has 0 saturated carbocycles. The fraction of sp³-hybridized carbons (Fsp3) is 0.588. The van der Waals surface area contributed by atoms with Crippen molar-refractivity contribution in [3.05, 3.63) is 29.8 Å². The van der Waals surface area contributed by atoms with Gasteiger partial charge in [0.1, 0.15) is 5.75 Å². The second-order valence-electron chi connectivity index (χ2n) is 5.24. The van der Waals surface area contributed by atoms with Crippen LogP contribution in [0.15, 0.2) is 29.3 Å². The SMILES string of the molecule is CCNC(=NCc1ccc(OC)cc1)NCCCOC(C)C. The second kappa shape index (κ2) is 10.9. The lowest BCUT2D eigenvalue weighted by atomic mass is 10.2. The van der Waals surface area contributed by atoms with Gasteiger partial charge in [-0.15, -0.1) is 0 Å². The van der Waals surface area contributed by atoms with Gasteiger partial charge in [0.15, 0.2) is 5.96 Å². The van der Waals surface area contributed by atoms with Crippen LogP contribution in [0.3, 0.4) is 0 Å². The summed E-state index contributed by atoms with van der Waals surface area (Å²) in [6, 6.07) is 7.97. The van der Waals surface area contributed by atoms with Crippen LogP contribution in [0.2, 0.25) is 0 Å². The molecule has 5 nitrogen and oxygen atoms in total. The summed E-state index contributed by atoms with van der Waals surface area (Å²) in [5.41, 5.74) is 1.15. The summed E-state index contributed by atoms with van der Waals surface area (Å²) in [6.07, 6.45) is 1.25. The maximum absolute atomic E-state index is 5.52. The number of nitrogens with zero attached hydrogens (tertiary/aromatic N) is 1. The first kappa shape index (κ1) is 18.3. The number of methoxy groups -OCH3 is 1. The summed E-state index contributed by atoms with van der Waals surface area (Å²) in [7, 11) is 1.67. The quantitative estimate of drug-likeness (QED) is 0.418. The Morgan fingerprint density at radius 2 is 1.91 bits per heavy atom. The summed E-state index contributed by atoms with van der Waals surface area (Å²) in [5.74, 6) is 1.70. The van der Waals surface area contributed by atoms with Gasteiger partial charge >= 0.3 is 0 Å². The molecule has 1 rings (SSSR count). The first-order valence-electron chi connectivity index (χ1n) is 7.92. The van der Waals surface area contributed by atoms with E-state index >= 15 is 0 Å². The van der Waals surface area contributed by atoms with Crippen LogP contribution in [0.4, 0.5) is 0 Å². The highest BCUT2D eigenvalue weighted by atomic mass is 16.5. The van der Waals surface area contributed by atoms with Gasteiger partial charge < -0.3 is 20.1 Å². The van der Waals surface area contributed by atoms with Crippen LogP contribution in [-0.4, -0.2) is 38.9 Å². The van der Waals surface area contributed by atoms with Gasteiger partial charge in [-0.3, -0.25) is 0 Å². The average molecular weight is 307 g/mol. The Hall–Kier alpha value is -1.75. The number of guanidine groups is 1. The molecule has 2 N–H and O–H groups in total. The highest BCUT2D eigenvalue weighted by Crippen LogP contribution is 2.11. The first-order chi connectivity index (χ1) is 10.7. The van der Waals surface area contributed by atoms with Crippen molar-refractivity contribution in [3.63, 3.8) is 0 Å². The van der Waals surface area contributed by atoms with Crippen LogP contribution in [0, 0.1) is 0 Å². The molecule has 0 unspecified atom stereocenters. The first-order valence-corrected chi connectivity index (χ1v) is 7.92. The fourth-order valence-electron chi connectivity index (χ4n) is 1.84. The molecular formula is C17H29N3O2. The van der Waals surface area contributed by atoms with Crippen molar-refractivity contribution in [2.24, 2.45) is 4.99 Å². The maximum atomic E-state index is 5.52. The Morgan fingerprint density at radius 3 is 2.50 bits per heavy atom. The molecule has 0 aliphatic carbocycles. The van der Waals surface area contributed by atoms with E-state index in [9.17, 15) is 0 Å². The highest BCUT2D eigenvalue weighted by Gasteiger charge is 1.99. The zero-order chi connectivity index (χ0) is 16.2. The smallest absolute Gasteiger partial charge is 0.191 e. The summed E-state index contributed by atoms with van der Waals surface area (Å²) >= 11 is 0. The Bertz CT molecular complexity index is 430. The number of aliphatic imine (C=N–C) groups is 1. The van der Waals surface area contributed by atoms with Crippen LogP contribution in [-0.2, 0) is 11.3 Å². The molecule has 124 valence electrons. The molecule has 1 aromatic carbocycles. The standard InChI is InChI=1S/C17H29N3O2/c1-5-18-17(19-11-6-12-22-14(2)3)20-13-15-7-9-16(21-4)10-8-15/h7-10,14H,5-6,11-13H2,1-4H3,(H2,18,19,20). The van der Waals surface area contributed by atoms with Crippen molar-refractivity contribution in [2.45, 2.75) is 39.8 Å². The van der Waals surface area contributed by atoms with E-state index in [1.165, 1.54) is 0 Å². The molecule has 0 amide bonds. The molecule has 0 atom stereocenters. The van der Waals surface area contributed by atoms with Crippen molar-refractivity contribution in [1.82, 2.24) is 10.6 Å². The minimum absolute atomic E-state index is 0.289. The lowest BCUT2D eigenvalue weighted by molar-refractivity contribution is 0.0776. The predicted molar refractivity (Wildman–Crippen MR) is 91.5 cm³/mol. The largest absolute Gasteiger partial charge is 0.497 e. The molecule has 0 spiro atoms. The Kier molecular flexibility index (Phi) is 9.07. The van der Waals surface area contributed by atoms with Gasteiger partial charge in [0, 0.05) is 19.7 Å². The third-order valence-corrected chi connectivity index (χ3v) is 2.99. The van der Waals surface area contributed by atoms with E-state index in [-0.39, 0.29) is 6.10 Å². The van der Waals surface area contributed by atoms with Crippen molar-refractivity contribution < 1.29 is 9.47 Å². The maximum Gasteiger partial charge on any atom is 0.191 e. The van der Waals surface area contributed by atoms with Crippen molar-refractivity contribution in [3.8, 4) is 5.75 Å². The van der Waals surface area contributed by atoms with E-state index in [1.54, 1.807) is 7.11 Å². The fourth-order valence-corrected chi connectivity index (χ4v) is 1.84. The molecule has 1 aromatic rings. The number of rotatable bonds is 9. The zero-order valence-corrected chi connectivity index (χ0v) is 14.2. The summed E-state index contributed by atoms with van der Waals surface area (Å²) in [6.45, 7) is 9.26. The molecule has 0 saturated heterocycles. The molecule has 0 heterocycles. The molecule has 5 heteroatoms. The van der Waals surface area contributed by atoms with E-state index in [4.69, 9.17) is 9.47 Å². The molecule has 22 heavy (non-hydrogen) atoms. The molecule has 0 aliphatic rings. The average Bonchev–Trinajstić information content (AvgIpc) is 2.52. The third kappa shape index (κ3) is 7.88. The van der Waals surface area contributed by atoms with Crippen molar-refractivity contribution in [1.29, 1.82) is 0 Å². The van der Waals surface area contributed by atoms with E-state index in [0.29, 0.717) is 6.54 Å². The van der Waals surface area contributed by atoms with Gasteiger partial charge in [-0.1, -0.05) is 12.1 Å². The molecule has 0 bridgehead atoms. The van der Waals surface area contributed by atoms with Gasteiger partial charge in [-0.2, -0.15) is 0 Å². The lowest BCUT2D eigenvalue weighted by Crippen LogP contribution is -2.38. The highest BCUT2D eigenvalue weighted by molar-refractivity contribution is 5.79.